The van der Waals surface area contributed by atoms with E-state index in [0.29, 0.717) is 12.0 Å². The number of amides is 1. The summed E-state index contributed by atoms with van der Waals surface area (Å²) in [5, 5.41) is 6.61. The summed E-state index contributed by atoms with van der Waals surface area (Å²) in [6, 6.07) is 6.45. The van der Waals surface area contributed by atoms with Crippen LogP contribution in [0.5, 0.6) is 0 Å². The minimum Gasteiger partial charge on any atom is -0.324 e. The standard InChI is InChI=1S/C17H24N2O/c1-10-7-8-15-13(9-10)16(17(20)19-15)18-14-6-4-5-11(2)12(14)3/h7-9,11-12,14,16,18H,4-6H2,1-3H3,(H,19,20). The third kappa shape index (κ3) is 2.35. The lowest BCUT2D eigenvalue weighted by molar-refractivity contribution is -0.118. The highest BCUT2D eigenvalue weighted by atomic mass is 16.2. The van der Waals surface area contributed by atoms with Gasteiger partial charge < -0.3 is 5.32 Å². The van der Waals surface area contributed by atoms with Crippen molar-refractivity contribution in [1.82, 2.24) is 5.32 Å². The number of rotatable bonds is 2. The Kier molecular flexibility index (Phi) is 3.55. The highest BCUT2D eigenvalue weighted by Gasteiger charge is 2.35. The second kappa shape index (κ2) is 5.21. The van der Waals surface area contributed by atoms with Gasteiger partial charge in [-0.3, -0.25) is 10.1 Å². The van der Waals surface area contributed by atoms with Crippen LogP contribution in [-0.4, -0.2) is 11.9 Å². The highest BCUT2D eigenvalue weighted by Crippen LogP contribution is 2.35. The molecule has 4 unspecified atom stereocenters. The Morgan fingerprint density at radius 1 is 1.25 bits per heavy atom. The van der Waals surface area contributed by atoms with Crippen LogP contribution >= 0.6 is 0 Å². The van der Waals surface area contributed by atoms with Crippen molar-refractivity contribution in [1.29, 1.82) is 0 Å². The molecule has 1 saturated carbocycles. The fourth-order valence-electron chi connectivity index (χ4n) is 3.58. The number of carbonyl (C=O) groups is 1. The molecule has 4 atom stereocenters. The van der Waals surface area contributed by atoms with Gasteiger partial charge in [-0.25, -0.2) is 0 Å². The summed E-state index contributed by atoms with van der Waals surface area (Å²) in [6.07, 6.45) is 3.75. The van der Waals surface area contributed by atoms with E-state index < -0.39 is 0 Å². The normalized spacial score (nSPS) is 32.9. The maximum absolute atomic E-state index is 12.2. The summed E-state index contributed by atoms with van der Waals surface area (Å²) >= 11 is 0. The molecule has 1 heterocycles. The van der Waals surface area contributed by atoms with Gasteiger partial charge in [0.2, 0.25) is 5.91 Å². The van der Waals surface area contributed by atoms with Gasteiger partial charge in [-0.15, -0.1) is 0 Å². The molecule has 0 saturated heterocycles. The smallest absolute Gasteiger partial charge is 0.246 e. The van der Waals surface area contributed by atoms with E-state index >= 15 is 0 Å². The van der Waals surface area contributed by atoms with Gasteiger partial charge in [0.15, 0.2) is 0 Å². The molecule has 3 rings (SSSR count). The molecule has 0 radical (unpaired) electrons. The van der Waals surface area contributed by atoms with Crippen molar-refractivity contribution in [3.8, 4) is 0 Å². The zero-order chi connectivity index (χ0) is 14.3. The van der Waals surface area contributed by atoms with Gasteiger partial charge >= 0.3 is 0 Å². The Labute approximate surface area is 121 Å². The molecule has 1 aromatic carbocycles. The zero-order valence-electron chi connectivity index (χ0n) is 12.6. The van der Waals surface area contributed by atoms with Crippen LogP contribution in [0, 0.1) is 18.8 Å². The Morgan fingerprint density at radius 2 is 2.05 bits per heavy atom. The average molecular weight is 272 g/mol. The predicted octanol–water partition coefficient (Wildman–Crippen LogP) is 3.40. The fourth-order valence-corrected chi connectivity index (χ4v) is 3.58. The molecule has 1 aliphatic carbocycles. The van der Waals surface area contributed by atoms with Crippen molar-refractivity contribution >= 4 is 11.6 Å². The molecule has 0 spiro atoms. The van der Waals surface area contributed by atoms with Crippen LogP contribution in [0.4, 0.5) is 5.69 Å². The summed E-state index contributed by atoms with van der Waals surface area (Å²) < 4.78 is 0. The van der Waals surface area contributed by atoms with E-state index in [0.717, 1.165) is 17.2 Å². The summed E-state index contributed by atoms with van der Waals surface area (Å²) in [5.41, 5.74) is 3.28. The second-order valence-electron chi connectivity index (χ2n) is 6.55. The average Bonchev–Trinajstić information content (AvgIpc) is 2.71. The first-order valence-corrected chi connectivity index (χ1v) is 7.73. The van der Waals surface area contributed by atoms with Gasteiger partial charge in [-0.2, -0.15) is 0 Å². The second-order valence-corrected chi connectivity index (χ2v) is 6.55. The van der Waals surface area contributed by atoms with E-state index in [9.17, 15) is 4.79 Å². The van der Waals surface area contributed by atoms with Gasteiger partial charge in [-0.05, 0) is 31.2 Å². The summed E-state index contributed by atoms with van der Waals surface area (Å²) in [7, 11) is 0. The van der Waals surface area contributed by atoms with Crippen LogP contribution in [0.2, 0.25) is 0 Å². The summed E-state index contributed by atoms with van der Waals surface area (Å²) in [6.45, 7) is 6.71. The van der Waals surface area contributed by atoms with Crippen LogP contribution < -0.4 is 10.6 Å². The largest absolute Gasteiger partial charge is 0.324 e. The van der Waals surface area contributed by atoms with Crippen molar-refractivity contribution in [2.45, 2.75) is 52.1 Å². The number of hydrogen-bond donors (Lipinski definition) is 2. The molecule has 1 amide bonds. The van der Waals surface area contributed by atoms with Crippen LogP contribution in [0.25, 0.3) is 0 Å². The first-order valence-electron chi connectivity index (χ1n) is 7.73. The number of hydrogen-bond acceptors (Lipinski definition) is 2. The van der Waals surface area contributed by atoms with Crippen molar-refractivity contribution in [2.75, 3.05) is 5.32 Å². The van der Waals surface area contributed by atoms with Gasteiger partial charge in [0, 0.05) is 17.3 Å². The first-order chi connectivity index (χ1) is 9.56. The quantitative estimate of drug-likeness (QED) is 0.866. The molecular weight excluding hydrogens is 248 g/mol. The monoisotopic (exact) mass is 272 g/mol. The number of anilines is 1. The van der Waals surface area contributed by atoms with Gasteiger partial charge in [0.05, 0.1) is 0 Å². The van der Waals surface area contributed by atoms with Crippen LogP contribution in [-0.2, 0) is 4.79 Å². The van der Waals surface area contributed by atoms with E-state index in [4.69, 9.17) is 0 Å². The molecule has 2 N–H and O–H groups in total. The number of benzene rings is 1. The molecule has 1 aliphatic heterocycles. The molecule has 3 nitrogen and oxygen atoms in total. The predicted molar refractivity (Wildman–Crippen MR) is 81.7 cm³/mol. The van der Waals surface area contributed by atoms with Crippen LogP contribution in [0.3, 0.4) is 0 Å². The van der Waals surface area contributed by atoms with Crippen molar-refractivity contribution in [3.05, 3.63) is 29.3 Å². The van der Waals surface area contributed by atoms with Gasteiger partial charge in [0.1, 0.15) is 6.04 Å². The van der Waals surface area contributed by atoms with E-state index in [1.807, 2.05) is 12.1 Å². The molecule has 0 aromatic heterocycles. The lowest BCUT2D eigenvalue weighted by atomic mass is 9.77. The van der Waals surface area contributed by atoms with E-state index in [1.165, 1.54) is 24.8 Å². The topological polar surface area (TPSA) is 41.1 Å². The maximum atomic E-state index is 12.2. The third-order valence-corrected chi connectivity index (χ3v) is 5.13. The number of fused-ring (bicyclic) bond motifs is 1. The SMILES string of the molecule is Cc1ccc2c(c1)C(NC1CCCC(C)C1C)C(=O)N2. The molecule has 2 aliphatic rings. The molecular formula is C17H24N2O. The molecule has 0 bridgehead atoms. The number of aryl methyl sites for hydroxylation is 1. The molecule has 1 aromatic rings. The lowest BCUT2D eigenvalue weighted by Gasteiger charge is -2.36. The summed E-state index contributed by atoms with van der Waals surface area (Å²) in [4.78, 5) is 12.2. The highest BCUT2D eigenvalue weighted by molar-refractivity contribution is 6.02. The molecule has 3 heteroatoms. The molecule has 108 valence electrons. The number of carbonyl (C=O) groups excluding carboxylic acids is 1. The Hall–Kier alpha value is -1.35. The van der Waals surface area contributed by atoms with Gasteiger partial charge in [0.25, 0.3) is 0 Å². The van der Waals surface area contributed by atoms with Crippen LogP contribution in [0.1, 0.15) is 50.3 Å². The van der Waals surface area contributed by atoms with E-state index in [-0.39, 0.29) is 11.9 Å². The lowest BCUT2D eigenvalue weighted by Crippen LogP contribution is -2.44. The van der Waals surface area contributed by atoms with E-state index in [1.54, 1.807) is 0 Å². The van der Waals surface area contributed by atoms with E-state index in [2.05, 4.69) is 37.5 Å². The Balaban J connectivity index is 1.81. The third-order valence-electron chi connectivity index (χ3n) is 5.13. The zero-order valence-corrected chi connectivity index (χ0v) is 12.6. The fraction of sp³-hybridized carbons (Fsp3) is 0.588. The maximum Gasteiger partial charge on any atom is 0.246 e. The van der Waals surface area contributed by atoms with Crippen molar-refractivity contribution in [2.24, 2.45) is 11.8 Å². The number of nitrogens with one attached hydrogen (secondary N) is 2. The first kappa shape index (κ1) is 13.6. The minimum atomic E-state index is -0.178. The van der Waals surface area contributed by atoms with Crippen molar-refractivity contribution < 1.29 is 4.79 Å². The Morgan fingerprint density at radius 3 is 2.85 bits per heavy atom. The summed E-state index contributed by atoms with van der Waals surface area (Å²) in [5.74, 6) is 1.46. The molecule has 20 heavy (non-hydrogen) atoms. The Bertz CT molecular complexity index is 526. The van der Waals surface area contributed by atoms with Crippen molar-refractivity contribution in [3.63, 3.8) is 0 Å². The van der Waals surface area contributed by atoms with Gasteiger partial charge in [-0.1, -0.05) is 44.4 Å². The van der Waals surface area contributed by atoms with Crippen LogP contribution in [0.15, 0.2) is 18.2 Å². The minimum absolute atomic E-state index is 0.0935. The molecule has 1 fully saturated rings.